The van der Waals surface area contributed by atoms with Crippen molar-refractivity contribution in [2.45, 2.75) is 32.1 Å². The van der Waals surface area contributed by atoms with Crippen LogP contribution in [0.25, 0.3) is 0 Å². The second-order valence-electron chi connectivity index (χ2n) is 8.21. The number of hydrogen-bond acceptors (Lipinski definition) is 6. The van der Waals surface area contributed by atoms with Crippen LogP contribution in [0.3, 0.4) is 0 Å². The van der Waals surface area contributed by atoms with Crippen molar-refractivity contribution >= 4 is 21.4 Å². The van der Waals surface area contributed by atoms with Gasteiger partial charge in [0.1, 0.15) is 9.84 Å². The van der Waals surface area contributed by atoms with Crippen LogP contribution < -0.4 is 15.2 Å². The van der Waals surface area contributed by atoms with Gasteiger partial charge in [0.05, 0.1) is 25.0 Å². The number of amides is 1. The minimum Gasteiger partial charge on any atom is -0.493 e. The molecule has 0 aromatic heterocycles. The summed E-state index contributed by atoms with van der Waals surface area (Å²) in [6.45, 7) is 3.82. The van der Waals surface area contributed by atoms with Crippen molar-refractivity contribution in [2.75, 3.05) is 44.5 Å². The maximum absolute atomic E-state index is 12.9. The molecule has 1 fully saturated rings. The molecule has 32 heavy (non-hydrogen) atoms. The molecule has 1 aliphatic heterocycles. The Morgan fingerprint density at radius 1 is 1.16 bits per heavy atom. The predicted octanol–water partition coefficient (Wildman–Crippen LogP) is 3.28. The zero-order chi connectivity index (χ0) is 23.3. The largest absolute Gasteiger partial charge is 0.493 e. The Hall–Kier alpha value is -2.74. The van der Waals surface area contributed by atoms with E-state index in [4.69, 9.17) is 15.2 Å². The molecule has 0 bridgehead atoms. The van der Waals surface area contributed by atoms with Crippen LogP contribution >= 0.6 is 0 Å². The Balaban J connectivity index is 1.95. The number of nitrogen functional groups attached to an aromatic ring is 1. The van der Waals surface area contributed by atoms with Crippen molar-refractivity contribution in [1.82, 2.24) is 4.90 Å². The van der Waals surface area contributed by atoms with E-state index in [-0.39, 0.29) is 17.6 Å². The molecule has 0 radical (unpaired) electrons. The van der Waals surface area contributed by atoms with Gasteiger partial charge in [-0.25, -0.2) is 8.42 Å². The third-order valence-corrected chi connectivity index (χ3v) is 6.76. The van der Waals surface area contributed by atoms with Crippen molar-refractivity contribution in [2.24, 2.45) is 0 Å². The van der Waals surface area contributed by atoms with E-state index >= 15 is 0 Å². The highest BCUT2D eigenvalue weighted by Crippen LogP contribution is 2.34. The molecule has 3 rings (SSSR count). The summed E-state index contributed by atoms with van der Waals surface area (Å²) < 4.78 is 35.5. The van der Waals surface area contributed by atoms with Gasteiger partial charge in [-0.2, -0.15) is 0 Å². The third-order valence-electron chi connectivity index (χ3n) is 5.75. The SMILES string of the molecule is CCOc1cc([C@H](Cc2cccc(C(=O)N3CCCC3)c2N)CS(C)(=O)=O)ccc1OC. The van der Waals surface area contributed by atoms with Crippen LogP contribution in [0.5, 0.6) is 11.5 Å². The lowest BCUT2D eigenvalue weighted by Gasteiger charge is -2.21. The number of ether oxygens (including phenoxy) is 2. The van der Waals surface area contributed by atoms with Crippen LogP contribution in [0.4, 0.5) is 5.69 Å². The lowest BCUT2D eigenvalue weighted by atomic mass is 9.91. The molecule has 2 aromatic rings. The number of benzene rings is 2. The van der Waals surface area contributed by atoms with Gasteiger partial charge in [-0.3, -0.25) is 4.79 Å². The van der Waals surface area contributed by atoms with E-state index < -0.39 is 9.84 Å². The number of nitrogens with two attached hydrogens (primary N) is 1. The molecule has 0 aliphatic carbocycles. The van der Waals surface area contributed by atoms with E-state index in [1.165, 1.54) is 6.26 Å². The first-order valence-corrected chi connectivity index (χ1v) is 12.9. The van der Waals surface area contributed by atoms with E-state index in [2.05, 4.69) is 0 Å². The molecule has 2 N–H and O–H groups in total. The molecule has 2 aromatic carbocycles. The van der Waals surface area contributed by atoms with Gasteiger partial charge in [-0.15, -0.1) is 0 Å². The second kappa shape index (κ2) is 10.3. The van der Waals surface area contributed by atoms with Crippen molar-refractivity contribution in [1.29, 1.82) is 0 Å². The van der Waals surface area contributed by atoms with Gasteiger partial charge in [0.25, 0.3) is 5.91 Å². The number of methoxy groups -OCH3 is 1. The summed E-state index contributed by atoms with van der Waals surface area (Å²) in [7, 11) is -1.71. The zero-order valence-corrected chi connectivity index (χ0v) is 19.8. The average Bonchev–Trinajstić information content (AvgIpc) is 3.28. The fourth-order valence-electron chi connectivity index (χ4n) is 4.19. The first-order chi connectivity index (χ1) is 15.2. The standard InChI is InChI=1S/C24H32N2O5S/c1-4-31-22-15-17(10-11-21(22)30-2)19(16-32(3,28)29)14-18-8-7-9-20(23(18)25)24(27)26-12-5-6-13-26/h7-11,15,19H,4-6,12-14,16,25H2,1-3H3/t19-/m1/s1. The number of carbonyl (C=O) groups is 1. The summed E-state index contributed by atoms with van der Waals surface area (Å²) in [5, 5.41) is 0. The van der Waals surface area contributed by atoms with Gasteiger partial charge in [0, 0.05) is 31.0 Å². The van der Waals surface area contributed by atoms with E-state index in [0.29, 0.717) is 35.8 Å². The normalized spacial score (nSPS) is 14.9. The zero-order valence-electron chi connectivity index (χ0n) is 19.0. The fourth-order valence-corrected chi connectivity index (χ4v) is 5.23. The lowest BCUT2D eigenvalue weighted by Crippen LogP contribution is -2.28. The summed E-state index contributed by atoms with van der Waals surface area (Å²) in [4.78, 5) is 14.7. The summed E-state index contributed by atoms with van der Waals surface area (Å²) in [5.41, 5.74) is 8.90. The summed E-state index contributed by atoms with van der Waals surface area (Å²) in [5.74, 6) is 0.691. The molecule has 1 saturated heterocycles. The minimum atomic E-state index is -3.27. The molecule has 1 atom stereocenters. The molecular formula is C24H32N2O5S. The monoisotopic (exact) mass is 460 g/mol. The highest BCUT2D eigenvalue weighted by Gasteiger charge is 2.25. The number of para-hydroxylation sites is 1. The number of likely N-dealkylation sites (tertiary alicyclic amines) is 1. The van der Waals surface area contributed by atoms with Crippen molar-refractivity contribution in [3.8, 4) is 11.5 Å². The number of hydrogen-bond donors (Lipinski definition) is 1. The summed E-state index contributed by atoms with van der Waals surface area (Å²) in [6, 6.07) is 10.9. The van der Waals surface area contributed by atoms with E-state index in [9.17, 15) is 13.2 Å². The van der Waals surface area contributed by atoms with Crippen molar-refractivity contribution in [3.63, 3.8) is 0 Å². The van der Waals surface area contributed by atoms with Crippen LogP contribution in [-0.2, 0) is 16.3 Å². The first kappa shape index (κ1) is 23.9. The molecular weight excluding hydrogens is 428 g/mol. The summed E-state index contributed by atoms with van der Waals surface area (Å²) in [6.07, 6.45) is 3.62. The van der Waals surface area contributed by atoms with E-state index in [1.54, 1.807) is 19.2 Å². The molecule has 1 amide bonds. The van der Waals surface area contributed by atoms with Gasteiger partial charge in [0.15, 0.2) is 11.5 Å². The fraction of sp³-hybridized carbons (Fsp3) is 0.458. The van der Waals surface area contributed by atoms with Crippen molar-refractivity contribution < 1.29 is 22.7 Å². The number of anilines is 1. The molecule has 0 spiro atoms. The Morgan fingerprint density at radius 3 is 2.50 bits per heavy atom. The number of rotatable bonds is 9. The Labute approximate surface area is 190 Å². The molecule has 1 heterocycles. The lowest BCUT2D eigenvalue weighted by molar-refractivity contribution is 0.0793. The van der Waals surface area contributed by atoms with Gasteiger partial charge in [-0.05, 0) is 55.5 Å². The molecule has 7 nitrogen and oxygen atoms in total. The van der Waals surface area contributed by atoms with Gasteiger partial charge < -0.3 is 20.1 Å². The second-order valence-corrected chi connectivity index (χ2v) is 10.4. The van der Waals surface area contributed by atoms with E-state index in [1.807, 2.05) is 36.1 Å². The van der Waals surface area contributed by atoms with Crippen LogP contribution in [0.15, 0.2) is 36.4 Å². The highest BCUT2D eigenvalue weighted by atomic mass is 32.2. The summed E-state index contributed by atoms with van der Waals surface area (Å²) >= 11 is 0. The van der Waals surface area contributed by atoms with Crippen LogP contribution in [0, 0.1) is 0 Å². The van der Waals surface area contributed by atoms with Crippen LogP contribution in [0.2, 0.25) is 0 Å². The molecule has 1 aliphatic rings. The maximum Gasteiger partial charge on any atom is 0.255 e. The third kappa shape index (κ3) is 5.73. The van der Waals surface area contributed by atoms with E-state index in [0.717, 1.165) is 37.1 Å². The molecule has 174 valence electrons. The van der Waals surface area contributed by atoms with Gasteiger partial charge >= 0.3 is 0 Å². The predicted molar refractivity (Wildman–Crippen MR) is 126 cm³/mol. The minimum absolute atomic E-state index is 0.0470. The van der Waals surface area contributed by atoms with Gasteiger partial charge in [0.2, 0.25) is 0 Å². The molecule has 0 saturated carbocycles. The van der Waals surface area contributed by atoms with Crippen molar-refractivity contribution in [3.05, 3.63) is 53.1 Å². The number of sulfone groups is 1. The highest BCUT2D eigenvalue weighted by molar-refractivity contribution is 7.90. The smallest absolute Gasteiger partial charge is 0.255 e. The first-order valence-electron chi connectivity index (χ1n) is 10.9. The Bertz CT molecular complexity index is 1060. The van der Waals surface area contributed by atoms with Crippen LogP contribution in [-0.4, -0.2) is 58.0 Å². The van der Waals surface area contributed by atoms with Crippen LogP contribution in [0.1, 0.15) is 47.2 Å². The quantitative estimate of drug-likeness (QED) is 0.577. The van der Waals surface area contributed by atoms with Gasteiger partial charge in [-0.1, -0.05) is 18.2 Å². The molecule has 8 heteroatoms. The maximum atomic E-state index is 12.9. The number of carbonyl (C=O) groups excluding carboxylic acids is 1. The topological polar surface area (TPSA) is 98.9 Å². The molecule has 0 unspecified atom stereocenters. The number of nitrogens with zero attached hydrogens (tertiary/aromatic N) is 1. The Morgan fingerprint density at radius 2 is 1.88 bits per heavy atom. The Kier molecular flexibility index (Phi) is 7.66. The average molecular weight is 461 g/mol.